The summed E-state index contributed by atoms with van der Waals surface area (Å²) in [5.41, 5.74) is 6.73. The first-order valence-electron chi connectivity index (χ1n) is 5.65. The maximum atomic E-state index is 12.3. The monoisotopic (exact) mass is 224 g/mol. The molecule has 0 spiro atoms. The molecular weight excluding hydrogens is 204 g/mol. The molecule has 0 aliphatic heterocycles. The van der Waals surface area contributed by atoms with E-state index in [1.807, 2.05) is 27.7 Å². The molecule has 0 aliphatic carbocycles. The van der Waals surface area contributed by atoms with Crippen molar-refractivity contribution in [3.8, 4) is 0 Å². The van der Waals surface area contributed by atoms with Gasteiger partial charge in [-0.2, -0.15) is 5.10 Å². The summed E-state index contributed by atoms with van der Waals surface area (Å²) in [4.78, 5) is 14.0. The van der Waals surface area contributed by atoms with Gasteiger partial charge in [0.2, 0.25) is 0 Å². The lowest BCUT2D eigenvalue weighted by Crippen LogP contribution is -2.38. The van der Waals surface area contributed by atoms with Crippen LogP contribution in [0.5, 0.6) is 0 Å². The van der Waals surface area contributed by atoms with Crippen LogP contribution in [-0.2, 0) is 6.54 Å². The van der Waals surface area contributed by atoms with Crippen LogP contribution < -0.4 is 5.73 Å². The summed E-state index contributed by atoms with van der Waals surface area (Å²) in [5, 5.41) is 4.08. The van der Waals surface area contributed by atoms with Gasteiger partial charge < -0.3 is 10.6 Å². The Labute approximate surface area is 96.2 Å². The molecule has 1 rings (SSSR count). The van der Waals surface area contributed by atoms with Gasteiger partial charge in [-0.3, -0.25) is 9.48 Å². The molecule has 0 bridgehead atoms. The number of amides is 1. The van der Waals surface area contributed by atoms with Gasteiger partial charge in [-0.15, -0.1) is 0 Å². The zero-order valence-electron chi connectivity index (χ0n) is 10.4. The van der Waals surface area contributed by atoms with Crippen LogP contribution in [0, 0.1) is 0 Å². The summed E-state index contributed by atoms with van der Waals surface area (Å²) >= 11 is 0. The summed E-state index contributed by atoms with van der Waals surface area (Å²) in [6, 6.07) is 0.164. The number of rotatable bonds is 4. The van der Waals surface area contributed by atoms with Crippen LogP contribution in [0.1, 0.15) is 38.2 Å². The Morgan fingerprint density at radius 2 is 2.19 bits per heavy atom. The minimum Gasteiger partial charge on any atom is -0.396 e. The van der Waals surface area contributed by atoms with Crippen molar-refractivity contribution in [3.63, 3.8) is 0 Å². The predicted octanol–water partition coefficient (Wildman–Crippen LogP) is 1.36. The minimum absolute atomic E-state index is 0.0469. The van der Waals surface area contributed by atoms with Gasteiger partial charge in [-0.25, -0.2) is 0 Å². The summed E-state index contributed by atoms with van der Waals surface area (Å²) in [5.74, 6) is -0.0469. The Kier molecular flexibility index (Phi) is 3.93. The van der Waals surface area contributed by atoms with E-state index in [1.165, 1.54) is 6.20 Å². The summed E-state index contributed by atoms with van der Waals surface area (Å²) in [6.07, 6.45) is 1.53. The van der Waals surface area contributed by atoms with E-state index in [9.17, 15) is 4.79 Å². The molecule has 0 aromatic carbocycles. The molecule has 1 aromatic rings. The Morgan fingerprint density at radius 3 is 2.62 bits per heavy atom. The number of aromatic nitrogens is 2. The van der Waals surface area contributed by atoms with Crippen molar-refractivity contribution in [2.75, 3.05) is 12.3 Å². The topological polar surface area (TPSA) is 64.2 Å². The van der Waals surface area contributed by atoms with Gasteiger partial charge in [0.15, 0.2) is 0 Å². The molecule has 0 unspecified atom stereocenters. The van der Waals surface area contributed by atoms with E-state index in [0.717, 1.165) is 0 Å². The van der Waals surface area contributed by atoms with E-state index in [2.05, 4.69) is 5.10 Å². The van der Waals surface area contributed by atoms with Crippen LogP contribution in [0.4, 0.5) is 5.69 Å². The number of hydrogen-bond donors (Lipinski definition) is 1. The SMILES string of the molecule is CCN(C(=O)c1c(N)cnn1CC)C(C)C. The lowest BCUT2D eigenvalue weighted by atomic mass is 10.2. The highest BCUT2D eigenvalue weighted by atomic mass is 16.2. The standard InChI is InChI=1S/C11H20N4O/c1-5-14(8(3)4)11(16)10-9(12)7-13-15(10)6-2/h7-8H,5-6,12H2,1-4H3. The fourth-order valence-corrected chi connectivity index (χ4v) is 1.75. The van der Waals surface area contributed by atoms with Crippen molar-refractivity contribution in [2.24, 2.45) is 0 Å². The van der Waals surface area contributed by atoms with Gasteiger partial charge in [0.25, 0.3) is 5.91 Å². The third kappa shape index (κ3) is 2.18. The molecule has 1 amide bonds. The van der Waals surface area contributed by atoms with Crippen LogP contribution in [0.25, 0.3) is 0 Å². The highest BCUT2D eigenvalue weighted by Crippen LogP contribution is 2.15. The number of nitrogens with zero attached hydrogens (tertiary/aromatic N) is 3. The molecular formula is C11H20N4O. The maximum absolute atomic E-state index is 12.3. The highest BCUT2D eigenvalue weighted by molar-refractivity contribution is 5.97. The lowest BCUT2D eigenvalue weighted by Gasteiger charge is -2.25. The Balaban J connectivity index is 3.07. The lowest BCUT2D eigenvalue weighted by molar-refractivity contribution is 0.0705. The van der Waals surface area contributed by atoms with Crippen LogP contribution >= 0.6 is 0 Å². The van der Waals surface area contributed by atoms with Crippen LogP contribution in [-0.4, -0.2) is 33.2 Å². The first kappa shape index (κ1) is 12.5. The smallest absolute Gasteiger partial charge is 0.274 e. The van der Waals surface area contributed by atoms with Crippen molar-refractivity contribution in [2.45, 2.75) is 40.3 Å². The van der Waals surface area contributed by atoms with Crippen molar-refractivity contribution in [1.29, 1.82) is 0 Å². The van der Waals surface area contributed by atoms with E-state index in [0.29, 0.717) is 24.5 Å². The number of nitrogen functional groups attached to an aromatic ring is 1. The molecule has 5 nitrogen and oxygen atoms in total. The van der Waals surface area contributed by atoms with Crippen LogP contribution in [0.15, 0.2) is 6.20 Å². The third-order valence-electron chi connectivity index (χ3n) is 2.59. The first-order chi connectivity index (χ1) is 7.52. The van der Waals surface area contributed by atoms with Gasteiger partial charge in [-0.1, -0.05) is 0 Å². The van der Waals surface area contributed by atoms with Crippen LogP contribution in [0.2, 0.25) is 0 Å². The molecule has 0 saturated carbocycles. The Bertz CT molecular complexity index is 370. The van der Waals surface area contributed by atoms with E-state index in [-0.39, 0.29) is 11.9 Å². The third-order valence-corrected chi connectivity index (χ3v) is 2.59. The molecule has 0 saturated heterocycles. The number of anilines is 1. The maximum Gasteiger partial charge on any atom is 0.274 e. The number of hydrogen-bond acceptors (Lipinski definition) is 3. The van der Waals surface area contributed by atoms with Crippen LogP contribution in [0.3, 0.4) is 0 Å². The Hall–Kier alpha value is -1.52. The number of nitrogens with two attached hydrogens (primary N) is 1. The highest BCUT2D eigenvalue weighted by Gasteiger charge is 2.23. The summed E-state index contributed by atoms with van der Waals surface area (Å²) in [7, 11) is 0. The molecule has 16 heavy (non-hydrogen) atoms. The van der Waals surface area contributed by atoms with Gasteiger partial charge >= 0.3 is 0 Å². The predicted molar refractivity (Wildman–Crippen MR) is 64.2 cm³/mol. The van der Waals surface area contributed by atoms with Gasteiger partial charge in [-0.05, 0) is 27.7 Å². The molecule has 2 N–H and O–H groups in total. The van der Waals surface area contributed by atoms with Crippen molar-refractivity contribution < 1.29 is 4.79 Å². The van der Waals surface area contributed by atoms with Gasteiger partial charge in [0, 0.05) is 19.1 Å². The number of carbonyl (C=O) groups excluding carboxylic acids is 1. The Morgan fingerprint density at radius 1 is 1.56 bits per heavy atom. The zero-order valence-corrected chi connectivity index (χ0v) is 10.4. The zero-order chi connectivity index (χ0) is 12.3. The molecule has 90 valence electrons. The number of carbonyl (C=O) groups is 1. The molecule has 5 heteroatoms. The summed E-state index contributed by atoms with van der Waals surface area (Å²) in [6.45, 7) is 9.20. The van der Waals surface area contributed by atoms with E-state index < -0.39 is 0 Å². The fraction of sp³-hybridized carbons (Fsp3) is 0.636. The molecule has 0 radical (unpaired) electrons. The van der Waals surface area contributed by atoms with Crippen molar-refractivity contribution in [3.05, 3.63) is 11.9 Å². The van der Waals surface area contributed by atoms with E-state index in [1.54, 1.807) is 9.58 Å². The minimum atomic E-state index is -0.0469. The molecule has 0 fully saturated rings. The second-order valence-electron chi connectivity index (χ2n) is 3.95. The van der Waals surface area contributed by atoms with Crippen molar-refractivity contribution in [1.82, 2.24) is 14.7 Å². The average Bonchev–Trinajstić information content (AvgIpc) is 2.59. The second-order valence-corrected chi connectivity index (χ2v) is 3.95. The van der Waals surface area contributed by atoms with Gasteiger partial charge in [0.05, 0.1) is 11.9 Å². The average molecular weight is 224 g/mol. The quantitative estimate of drug-likeness (QED) is 0.839. The van der Waals surface area contributed by atoms with Gasteiger partial charge in [0.1, 0.15) is 5.69 Å². The second kappa shape index (κ2) is 5.01. The fourth-order valence-electron chi connectivity index (χ4n) is 1.75. The number of aryl methyl sites for hydroxylation is 1. The van der Waals surface area contributed by atoms with Crippen molar-refractivity contribution >= 4 is 11.6 Å². The molecule has 0 aliphatic rings. The molecule has 1 aromatic heterocycles. The first-order valence-corrected chi connectivity index (χ1v) is 5.65. The molecule has 0 atom stereocenters. The van der Waals surface area contributed by atoms with E-state index in [4.69, 9.17) is 5.73 Å². The van der Waals surface area contributed by atoms with E-state index >= 15 is 0 Å². The molecule has 1 heterocycles. The summed E-state index contributed by atoms with van der Waals surface area (Å²) < 4.78 is 1.64. The largest absolute Gasteiger partial charge is 0.396 e. The normalized spacial score (nSPS) is 10.8.